The van der Waals surface area contributed by atoms with Crippen molar-refractivity contribution in [1.82, 2.24) is 0 Å². The first-order chi connectivity index (χ1) is 10.7. The van der Waals surface area contributed by atoms with Crippen molar-refractivity contribution in [1.29, 1.82) is 0 Å². The molecule has 0 saturated carbocycles. The Bertz CT molecular complexity index is 682. The molecule has 0 unspecified atom stereocenters. The fraction of sp³-hybridized carbons (Fsp3) is 0. The SMILES string of the molecule is Nc1ccc(Nc2ccccc2Nc2ccc(N)cc2)cc1. The summed E-state index contributed by atoms with van der Waals surface area (Å²) in [7, 11) is 0. The maximum Gasteiger partial charge on any atom is 0.0623 e. The normalized spacial score (nSPS) is 10.2. The minimum absolute atomic E-state index is 0.749. The average Bonchev–Trinajstić information content (AvgIpc) is 2.54. The van der Waals surface area contributed by atoms with Gasteiger partial charge in [-0.2, -0.15) is 0 Å². The van der Waals surface area contributed by atoms with Gasteiger partial charge in [0.1, 0.15) is 0 Å². The van der Waals surface area contributed by atoms with Crippen molar-refractivity contribution in [3.63, 3.8) is 0 Å². The first-order valence-electron chi connectivity index (χ1n) is 7.05. The first kappa shape index (κ1) is 13.8. The number of para-hydroxylation sites is 2. The van der Waals surface area contributed by atoms with E-state index in [1.54, 1.807) is 0 Å². The Morgan fingerprint density at radius 2 is 0.864 bits per heavy atom. The third kappa shape index (κ3) is 3.30. The van der Waals surface area contributed by atoms with E-state index in [0.717, 1.165) is 34.1 Å². The number of nitrogens with two attached hydrogens (primary N) is 2. The van der Waals surface area contributed by atoms with Crippen LogP contribution in [0.15, 0.2) is 72.8 Å². The fourth-order valence-electron chi connectivity index (χ4n) is 2.15. The summed E-state index contributed by atoms with van der Waals surface area (Å²) in [6, 6.07) is 23.3. The van der Waals surface area contributed by atoms with Crippen LogP contribution in [0.4, 0.5) is 34.1 Å². The van der Waals surface area contributed by atoms with E-state index in [1.807, 2.05) is 72.8 Å². The Kier molecular flexibility index (Phi) is 3.83. The number of rotatable bonds is 4. The highest BCUT2D eigenvalue weighted by Crippen LogP contribution is 2.28. The van der Waals surface area contributed by atoms with Crippen molar-refractivity contribution < 1.29 is 0 Å². The monoisotopic (exact) mass is 290 g/mol. The predicted molar refractivity (Wildman–Crippen MR) is 94.7 cm³/mol. The van der Waals surface area contributed by atoms with E-state index in [0.29, 0.717) is 0 Å². The summed E-state index contributed by atoms with van der Waals surface area (Å²) in [4.78, 5) is 0. The van der Waals surface area contributed by atoms with Gasteiger partial charge in [0.15, 0.2) is 0 Å². The molecule has 0 fully saturated rings. The predicted octanol–water partition coefficient (Wildman–Crippen LogP) is 4.34. The molecule has 0 bridgehead atoms. The zero-order valence-corrected chi connectivity index (χ0v) is 12.1. The third-order valence-corrected chi connectivity index (χ3v) is 3.31. The van der Waals surface area contributed by atoms with E-state index >= 15 is 0 Å². The van der Waals surface area contributed by atoms with Crippen molar-refractivity contribution in [3.05, 3.63) is 72.8 Å². The molecular formula is C18H18N4. The van der Waals surface area contributed by atoms with Crippen LogP contribution >= 0.6 is 0 Å². The number of hydrogen-bond acceptors (Lipinski definition) is 4. The van der Waals surface area contributed by atoms with Crippen LogP contribution in [0, 0.1) is 0 Å². The molecule has 22 heavy (non-hydrogen) atoms. The molecule has 110 valence electrons. The minimum Gasteiger partial charge on any atom is -0.399 e. The molecule has 0 spiro atoms. The number of benzene rings is 3. The Balaban J connectivity index is 1.83. The van der Waals surface area contributed by atoms with E-state index in [1.165, 1.54) is 0 Å². The van der Waals surface area contributed by atoms with E-state index in [-0.39, 0.29) is 0 Å². The molecule has 3 aromatic rings. The number of nitrogen functional groups attached to an aromatic ring is 2. The van der Waals surface area contributed by atoms with E-state index in [9.17, 15) is 0 Å². The smallest absolute Gasteiger partial charge is 0.0623 e. The van der Waals surface area contributed by atoms with Gasteiger partial charge < -0.3 is 22.1 Å². The van der Waals surface area contributed by atoms with Crippen molar-refractivity contribution in [3.8, 4) is 0 Å². The Morgan fingerprint density at radius 1 is 0.500 bits per heavy atom. The van der Waals surface area contributed by atoms with Gasteiger partial charge in [-0.15, -0.1) is 0 Å². The van der Waals surface area contributed by atoms with Crippen LogP contribution < -0.4 is 22.1 Å². The lowest BCUT2D eigenvalue weighted by molar-refractivity contribution is 1.50. The highest BCUT2D eigenvalue weighted by atomic mass is 15.0. The summed E-state index contributed by atoms with van der Waals surface area (Å²) in [5.74, 6) is 0. The number of anilines is 6. The first-order valence-corrected chi connectivity index (χ1v) is 7.05. The molecule has 0 heterocycles. The lowest BCUT2D eigenvalue weighted by atomic mass is 10.2. The molecule has 0 aromatic heterocycles. The molecule has 4 heteroatoms. The molecule has 3 aromatic carbocycles. The highest BCUT2D eigenvalue weighted by molar-refractivity contribution is 5.78. The largest absolute Gasteiger partial charge is 0.399 e. The maximum absolute atomic E-state index is 5.71. The summed E-state index contributed by atoms with van der Waals surface area (Å²) >= 11 is 0. The van der Waals surface area contributed by atoms with Crippen LogP contribution in [0.25, 0.3) is 0 Å². The summed E-state index contributed by atoms with van der Waals surface area (Å²) in [5, 5.41) is 6.78. The Labute approximate surface area is 129 Å². The standard InChI is InChI=1S/C18H18N4/c19-13-5-9-15(10-6-13)21-17-3-1-2-4-18(17)22-16-11-7-14(20)8-12-16/h1-12,21-22H,19-20H2. The zero-order chi connectivity index (χ0) is 15.4. The second-order valence-corrected chi connectivity index (χ2v) is 5.04. The topological polar surface area (TPSA) is 76.1 Å². The quantitative estimate of drug-likeness (QED) is 0.539. The van der Waals surface area contributed by atoms with Gasteiger partial charge in [0.25, 0.3) is 0 Å². The van der Waals surface area contributed by atoms with Gasteiger partial charge in [0.2, 0.25) is 0 Å². The van der Waals surface area contributed by atoms with Crippen molar-refractivity contribution in [2.24, 2.45) is 0 Å². The van der Waals surface area contributed by atoms with Crippen LogP contribution in [0.5, 0.6) is 0 Å². The highest BCUT2D eigenvalue weighted by Gasteiger charge is 2.03. The second-order valence-electron chi connectivity index (χ2n) is 5.04. The number of hydrogen-bond donors (Lipinski definition) is 4. The van der Waals surface area contributed by atoms with Gasteiger partial charge in [-0.05, 0) is 60.7 Å². The zero-order valence-electron chi connectivity index (χ0n) is 12.1. The Morgan fingerprint density at radius 3 is 1.23 bits per heavy atom. The molecule has 0 aliphatic rings. The molecule has 6 N–H and O–H groups in total. The molecule has 0 aliphatic heterocycles. The second kappa shape index (κ2) is 6.10. The van der Waals surface area contributed by atoms with Gasteiger partial charge in [-0.3, -0.25) is 0 Å². The number of nitrogens with one attached hydrogen (secondary N) is 2. The molecule has 3 rings (SSSR count). The summed E-state index contributed by atoms with van der Waals surface area (Å²) < 4.78 is 0. The molecule has 0 aliphatic carbocycles. The molecule has 4 nitrogen and oxygen atoms in total. The lowest BCUT2D eigenvalue weighted by Gasteiger charge is -2.14. The molecule has 0 amide bonds. The van der Waals surface area contributed by atoms with Crippen LogP contribution in [0.1, 0.15) is 0 Å². The van der Waals surface area contributed by atoms with Gasteiger partial charge in [0.05, 0.1) is 11.4 Å². The minimum atomic E-state index is 0.749. The maximum atomic E-state index is 5.71. The molecule has 0 atom stereocenters. The van der Waals surface area contributed by atoms with Crippen LogP contribution in [-0.2, 0) is 0 Å². The Hall–Kier alpha value is -3.14. The average molecular weight is 290 g/mol. The molecule has 0 saturated heterocycles. The van der Waals surface area contributed by atoms with Gasteiger partial charge in [0, 0.05) is 22.7 Å². The van der Waals surface area contributed by atoms with Crippen LogP contribution in [-0.4, -0.2) is 0 Å². The van der Waals surface area contributed by atoms with Crippen LogP contribution in [0.3, 0.4) is 0 Å². The van der Waals surface area contributed by atoms with Crippen molar-refractivity contribution >= 4 is 34.1 Å². The molecule has 0 radical (unpaired) electrons. The van der Waals surface area contributed by atoms with E-state index in [2.05, 4.69) is 10.6 Å². The van der Waals surface area contributed by atoms with E-state index in [4.69, 9.17) is 11.5 Å². The summed E-state index contributed by atoms with van der Waals surface area (Å²) in [6.07, 6.45) is 0. The van der Waals surface area contributed by atoms with Crippen LogP contribution in [0.2, 0.25) is 0 Å². The van der Waals surface area contributed by atoms with Gasteiger partial charge >= 0.3 is 0 Å². The van der Waals surface area contributed by atoms with Crippen molar-refractivity contribution in [2.75, 3.05) is 22.1 Å². The summed E-state index contributed by atoms with van der Waals surface area (Å²) in [6.45, 7) is 0. The van der Waals surface area contributed by atoms with Crippen molar-refractivity contribution in [2.45, 2.75) is 0 Å². The van der Waals surface area contributed by atoms with E-state index < -0.39 is 0 Å². The molecular weight excluding hydrogens is 272 g/mol. The third-order valence-electron chi connectivity index (χ3n) is 3.31. The van der Waals surface area contributed by atoms with Gasteiger partial charge in [-0.25, -0.2) is 0 Å². The van der Waals surface area contributed by atoms with Gasteiger partial charge in [-0.1, -0.05) is 12.1 Å². The lowest BCUT2D eigenvalue weighted by Crippen LogP contribution is -1.97. The fourth-order valence-corrected chi connectivity index (χ4v) is 2.15. The summed E-state index contributed by atoms with van der Waals surface area (Å²) in [5.41, 5.74) is 16.9.